The number of halogens is 2. The summed E-state index contributed by atoms with van der Waals surface area (Å²) in [6.45, 7) is 1.90. The van der Waals surface area contributed by atoms with Crippen molar-refractivity contribution in [3.05, 3.63) is 33.3 Å². The average molecular weight is 277 g/mol. The molecule has 0 saturated heterocycles. The summed E-state index contributed by atoms with van der Waals surface area (Å²) in [4.78, 5) is 4.03. The van der Waals surface area contributed by atoms with Crippen LogP contribution in [0.15, 0.2) is 27.7 Å². The van der Waals surface area contributed by atoms with E-state index in [1.165, 1.54) is 0 Å². The number of hydrogen-bond acceptors (Lipinski definition) is 1. The molecule has 0 fully saturated rings. The Bertz CT molecular complexity index is 361. The molecule has 1 aromatic rings. The first-order valence-corrected chi connectivity index (χ1v) is 5.21. The quantitative estimate of drug-likeness (QED) is 0.644. The largest absolute Gasteiger partial charge is 0.370 e. The van der Waals surface area contributed by atoms with E-state index in [0.717, 1.165) is 10.0 Å². The molecule has 0 saturated carbocycles. The molecule has 0 amide bonds. The van der Waals surface area contributed by atoms with Crippen LogP contribution in [0.3, 0.4) is 0 Å². The molecule has 4 N–H and O–H groups in total. The van der Waals surface area contributed by atoms with Crippen molar-refractivity contribution in [2.24, 2.45) is 16.5 Å². The Kier molecular flexibility index (Phi) is 3.77. The maximum atomic E-state index is 5.87. The van der Waals surface area contributed by atoms with Gasteiger partial charge in [-0.3, -0.25) is 0 Å². The molecule has 0 radical (unpaired) electrons. The van der Waals surface area contributed by atoms with Gasteiger partial charge in [0.05, 0.1) is 6.04 Å². The number of nitrogens with zero attached hydrogens (tertiary/aromatic N) is 1. The number of benzene rings is 1. The second-order valence-electron chi connectivity index (χ2n) is 2.90. The molecular formula is C9H11BrClN3. The maximum Gasteiger partial charge on any atom is 0.186 e. The first kappa shape index (κ1) is 11.3. The molecule has 0 heterocycles. The van der Waals surface area contributed by atoms with Crippen LogP contribution < -0.4 is 11.5 Å². The smallest absolute Gasteiger partial charge is 0.186 e. The van der Waals surface area contributed by atoms with Gasteiger partial charge in [-0.2, -0.15) is 0 Å². The zero-order valence-corrected chi connectivity index (χ0v) is 10.0. The van der Waals surface area contributed by atoms with Gasteiger partial charge in [-0.1, -0.05) is 27.5 Å². The Morgan fingerprint density at radius 2 is 2.14 bits per heavy atom. The number of nitrogens with two attached hydrogens (primary N) is 2. The van der Waals surface area contributed by atoms with E-state index in [9.17, 15) is 0 Å². The summed E-state index contributed by atoms with van der Waals surface area (Å²) in [6.07, 6.45) is 0. The lowest BCUT2D eigenvalue weighted by Gasteiger charge is -2.09. The van der Waals surface area contributed by atoms with Gasteiger partial charge in [-0.25, -0.2) is 4.99 Å². The molecule has 1 rings (SSSR count). The molecule has 0 unspecified atom stereocenters. The van der Waals surface area contributed by atoms with E-state index in [2.05, 4.69) is 20.9 Å². The molecular weight excluding hydrogens is 265 g/mol. The third-order valence-electron chi connectivity index (χ3n) is 1.75. The Morgan fingerprint density at radius 1 is 1.50 bits per heavy atom. The van der Waals surface area contributed by atoms with E-state index in [1.807, 2.05) is 19.1 Å². The summed E-state index contributed by atoms with van der Waals surface area (Å²) in [5, 5.41) is 0.667. The van der Waals surface area contributed by atoms with E-state index in [-0.39, 0.29) is 12.0 Å². The van der Waals surface area contributed by atoms with Gasteiger partial charge >= 0.3 is 0 Å². The van der Waals surface area contributed by atoms with Crippen LogP contribution in [0.2, 0.25) is 5.02 Å². The Labute approximate surface area is 96.3 Å². The number of guanidine groups is 1. The van der Waals surface area contributed by atoms with Crippen LogP contribution in [0.4, 0.5) is 0 Å². The monoisotopic (exact) mass is 275 g/mol. The van der Waals surface area contributed by atoms with Gasteiger partial charge in [0.25, 0.3) is 0 Å². The lowest BCUT2D eigenvalue weighted by Crippen LogP contribution is -2.23. The van der Waals surface area contributed by atoms with Crippen molar-refractivity contribution in [1.82, 2.24) is 0 Å². The Balaban J connectivity index is 3.05. The molecule has 14 heavy (non-hydrogen) atoms. The van der Waals surface area contributed by atoms with E-state index >= 15 is 0 Å². The predicted octanol–water partition coefficient (Wildman–Crippen LogP) is 2.44. The predicted molar refractivity (Wildman–Crippen MR) is 63.4 cm³/mol. The molecule has 5 heteroatoms. The topological polar surface area (TPSA) is 64.4 Å². The second-order valence-corrected chi connectivity index (χ2v) is 4.19. The van der Waals surface area contributed by atoms with E-state index in [4.69, 9.17) is 23.1 Å². The number of hydrogen-bond donors (Lipinski definition) is 2. The molecule has 0 aliphatic rings. The molecule has 0 spiro atoms. The Hall–Kier alpha value is -0.740. The van der Waals surface area contributed by atoms with Crippen LogP contribution >= 0.6 is 27.5 Å². The van der Waals surface area contributed by atoms with Gasteiger partial charge in [-0.15, -0.1) is 0 Å². The van der Waals surface area contributed by atoms with Gasteiger partial charge < -0.3 is 11.5 Å². The van der Waals surface area contributed by atoms with E-state index in [1.54, 1.807) is 6.07 Å². The summed E-state index contributed by atoms with van der Waals surface area (Å²) in [6, 6.07) is 5.41. The fourth-order valence-corrected chi connectivity index (χ4v) is 1.89. The SMILES string of the molecule is C[C@H](N=C(N)N)c1cc(Cl)ccc1Br. The lowest BCUT2D eigenvalue weighted by molar-refractivity contribution is 0.811. The van der Waals surface area contributed by atoms with Crippen LogP contribution in [0.25, 0.3) is 0 Å². The van der Waals surface area contributed by atoms with Gasteiger partial charge in [0.1, 0.15) is 0 Å². The van der Waals surface area contributed by atoms with Crippen molar-refractivity contribution in [2.45, 2.75) is 13.0 Å². The van der Waals surface area contributed by atoms with Crippen LogP contribution in [-0.4, -0.2) is 5.96 Å². The first-order chi connectivity index (χ1) is 6.50. The fraction of sp³-hybridized carbons (Fsp3) is 0.222. The highest BCUT2D eigenvalue weighted by molar-refractivity contribution is 9.10. The molecule has 0 aliphatic heterocycles. The normalized spacial score (nSPS) is 12.2. The highest BCUT2D eigenvalue weighted by atomic mass is 79.9. The van der Waals surface area contributed by atoms with Gasteiger partial charge in [0.2, 0.25) is 0 Å². The summed E-state index contributed by atoms with van der Waals surface area (Å²) in [5.74, 6) is 0.0735. The molecule has 0 aliphatic carbocycles. The molecule has 76 valence electrons. The van der Waals surface area contributed by atoms with Gasteiger partial charge in [0, 0.05) is 9.50 Å². The number of rotatable bonds is 2. The van der Waals surface area contributed by atoms with Crippen LogP contribution in [-0.2, 0) is 0 Å². The minimum atomic E-state index is -0.104. The van der Waals surface area contributed by atoms with Gasteiger partial charge in [0.15, 0.2) is 5.96 Å². The van der Waals surface area contributed by atoms with Crippen molar-refractivity contribution in [3.63, 3.8) is 0 Å². The fourth-order valence-electron chi connectivity index (χ4n) is 1.13. The highest BCUT2D eigenvalue weighted by Gasteiger charge is 2.08. The van der Waals surface area contributed by atoms with E-state index < -0.39 is 0 Å². The van der Waals surface area contributed by atoms with Crippen molar-refractivity contribution in [2.75, 3.05) is 0 Å². The molecule has 0 bridgehead atoms. The molecule has 3 nitrogen and oxygen atoms in total. The highest BCUT2D eigenvalue weighted by Crippen LogP contribution is 2.28. The van der Waals surface area contributed by atoms with Gasteiger partial charge in [-0.05, 0) is 30.7 Å². The van der Waals surface area contributed by atoms with Crippen molar-refractivity contribution in [1.29, 1.82) is 0 Å². The average Bonchev–Trinajstić information content (AvgIpc) is 2.08. The molecule has 1 aromatic carbocycles. The standard InChI is InChI=1S/C9H11BrClN3/c1-5(14-9(12)13)7-4-6(11)2-3-8(7)10/h2-5H,1H3,(H4,12,13,14)/t5-/m0/s1. The molecule has 1 atom stereocenters. The Morgan fingerprint density at radius 3 is 2.71 bits per heavy atom. The van der Waals surface area contributed by atoms with Crippen molar-refractivity contribution < 1.29 is 0 Å². The minimum Gasteiger partial charge on any atom is -0.370 e. The zero-order valence-electron chi connectivity index (χ0n) is 7.67. The lowest BCUT2D eigenvalue weighted by atomic mass is 10.1. The second kappa shape index (κ2) is 4.66. The third-order valence-corrected chi connectivity index (χ3v) is 2.71. The summed E-state index contributed by atoms with van der Waals surface area (Å²) < 4.78 is 0.944. The zero-order chi connectivity index (χ0) is 10.7. The molecule has 0 aromatic heterocycles. The first-order valence-electron chi connectivity index (χ1n) is 4.04. The summed E-state index contributed by atoms with van der Waals surface area (Å²) >= 11 is 9.28. The van der Waals surface area contributed by atoms with Crippen LogP contribution in [0.1, 0.15) is 18.5 Å². The van der Waals surface area contributed by atoms with Crippen molar-refractivity contribution in [3.8, 4) is 0 Å². The summed E-state index contributed by atoms with van der Waals surface area (Å²) in [7, 11) is 0. The van der Waals surface area contributed by atoms with E-state index in [0.29, 0.717) is 5.02 Å². The summed E-state index contributed by atoms with van der Waals surface area (Å²) in [5.41, 5.74) is 11.6. The van der Waals surface area contributed by atoms with Crippen molar-refractivity contribution >= 4 is 33.5 Å². The number of aliphatic imine (C=N–C) groups is 1. The minimum absolute atomic E-state index is 0.0735. The third kappa shape index (κ3) is 2.89. The van der Waals surface area contributed by atoms with Crippen LogP contribution in [0, 0.1) is 0 Å². The van der Waals surface area contributed by atoms with Crippen LogP contribution in [0.5, 0.6) is 0 Å². The maximum absolute atomic E-state index is 5.87.